The van der Waals surface area contributed by atoms with Gasteiger partial charge in [0.2, 0.25) is 17.7 Å². The number of rotatable bonds is 7. The molecular weight excluding hydrogens is 615 g/mol. The first kappa shape index (κ1) is 30.6. The van der Waals surface area contributed by atoms with Crippen LogP contribution >= 0.6 is 0 Å². The maximum atomic E-state index is 15.0. The second-order valence-corrected chi connectivity index (χ2v) is 12.9. The average molecular weight is 649 g/mol. The number of carbonyl (C=O) groups is 2. The highest BCUT2D eigenvalue weighted by Gasteiger charge is 2.52. The summed E-state index contributed by atoms with van der Waals surface area (Å²) in [6.45, 7) is -0.106. The van der Waals surface area contributed by atoms with Gasteiger partial charge in [-0.1, -0.05) is 0 Å². The maximum Gasteiger partial charge on any atom is 0.257 e. The van der Waals surface area contributed by atoms with E-state index in [-0.39, 0.29) is 55.3 Å². The number of nitrogens with two attached hydrogens (primary N) is 1. The Morgan fingerprint density at radius 1 is 1.04 bits per heavy atom. The number of piperidine rings is 1. The highest BCUT2D eigenvalue weighted by atomic mass is 19.3. The van der Waals surface area contributed by atoms with Crippen LogP contribution in [0, 0.1) is 5.92 Å². The number of aromatic nitrogens is 4. The number of alkyl halides is 5. The summed E-state index contributed by atoms with van der Waals surface area (Å²) >= 11 is 0. The van der Waals surface area contributed by atoms with E-state index in [4.69, 9.17) is 10.5 Å². The second-order valence-electron chi connectivity index (χ2n) is 12.9. The number of hydrogen-bond acceptors (Lipinski definition) is 8. The molecule has 6 heterocycles. The number of hydrogen-bond donors (Lipinski definition) is 2. The number of methoxy groups -OCH3 is 1. The van der Waals surface area contributed by atoms with Crippen molar-refractivity contribution >= 4 is 23.1 Å². The summed E-state index contributed by atoms with van der Waals surface area (Å²) in [5, 5.41) is 6.98. The third-order valence-electron chi connectivity index (χ3n) is 9.76. The van der Waals surface area contributed by atoms with Crippen LogP contribution in [0.2, 0.25) is 0 Å². The number of fused-ring (bicyclic) bond motifs is 3. The van der Waals surface area contributed by atoms with Crippen LogP contribution in [0.25, 0.3) is 16.8 Å². The minimum atomic E-state index is -2.88. The molecule has 1 saturated carbocycles. The fraction of sp³-hybridized carbons (Fsp3) is 0.567. The van der Waals surface area contributed by atoms with Crippen molar-refractivity contribution in [1.82, 2.24) is 34.7 Å². The Labute approximate surface area is 260 Å². The van der Waals surface area contributed by atoms with Crippen molar-refractivity contribution in [2.24, 2.45) is 5.92 Å². The molecule has 0 spiro atoms. The van der Waals surface area contributed by atoms with E-state index in [0.717, 1.165) is 5.56 Å². The minimum absolute atomic E-state index is 0.00885. The zero-order valence-electron chi connectivity index (χ0n) is 24.9. The summed E-state index contributed by atoms with van der Waals surface area (Å²) in [5.74, 6) is -7.51. The van der Waals surface area contributed by atoms with Crippen LogP contribution in [-0.4, -0.2) is 97.5 Å². The number of nitrogens with one attached hydrogen (secondary N) is 1. The van der Waals surface area contributed by atoms with Crippen LogP contribution in [0.3, 0.4) is 0 Å². The van der Waals surface area contributed by atoms with Crippen molar-refractivity contribution in [1.29, 1.82) is 0 Å². The SMILES string of the molecule is COc1ncc(-c2cc(CN3[C@@H]4CC[C@H]3CC(F)(F)C4)c3c(N)ncnn23)cc1C(=O)N[C@@H]1CN(C(=O)C2CC(F)(F)C2)C[C@@H]1F. The van der Waals surface area contributed by atoms with Gasteiger partial charge in [0.05, 0.1) is 25.4 Å². The number of amides is 2. The maximum absolute atomic E-state index is 15.0. The van der Waals surface area contributed by atoms with Gasteiger partial charge in [-0.3, -0.25) is 14.5 Å². The largest absolute Gasteiger partial charge is 0.480 e. The van der Waals surface area contributed by atoms with E-state index in [1.165, 1.54) is 30.6 Å². The molecule has 46 heavy (non-hydrogen) atoms. The number of ether oxygens (including phenoxy) is 1. The Balaban J connectivity index is 1.14. The van der Waals surface area contributed by atoms with Gasteiger partial charge in [-0.2, -0.15) is 5.10 Å². The number of pyridine rings is 1. The fourth-order valence-corrected chi connectivity index (χ4v) is 7.49. The predicted molar refractivity (Wildman–Crippen MR) is 154 cm³/mol. The van der Waals surface area contributed by atoms with Gasteiger partial charge in [-0.05, 0) is 30.5 Å². The van der Waals surface area contributed by atoms with Crippen LogP contribution in [0.1, 0.15) is 54.4 Å². The van der Waals surface area contributed by atoms with Crippen molar-refractivity contribution in [3.8, 4) is 17.1 Å². The van der Waals surface area contributed by atoms with Gasteiger partial charge in [0.25, 0.3) is 11.8 Å². The molecule has 4 fully saturated rings. The minimum Gasteiger partial charge on any atom is -0.480 e. The number of carbonyl (C=O) groups excluding carboxylic acids is 2. The third kappa shape index (κ3) is 5.39. The molecule has 0 radical (unpaired) electrons. The van der Waals surface area contributed by atoms with E-state index in [2.05, 4.69) is 25.3 Å². The lowest BCUT2D eigenvalue weighted by atomic mass is 9.80. The highest BCUT2D eigenvalue weighted by molar-refractivity contribution is 5.98. The van der Waals surface area contributed by atoms with E-state index in [1.807, 2.05) is 6.07 Å². The van der Waals surface area contributed by atoms with Gasteiger partial charge >= 0.3 is 0 Å². The Bertz CT molecular complexity index is 1680. The monoisotopic (exact) mass is 648 g/mol. The van der Waals surface area contributed by atoms with Crippen molar-refractivity contribution in [2.75, 3.05) is 25.9 Å². The Kier molecular flexibility index (Phi) is 7.32. The quantitative estimate of drug-likeness (QED) is 0.373. The fourth-order valence-electron chi connectivity index (χ4n) is 7.49. The lowest BCUT2D eigenvalue weighted by Gasteiger charge is -2.38. The summed E-state index contributed by atoms with van der Waals surface area (Å²) < 4.78 is 76.9. The summed E-state index contributed by atoms with van der Waals surface area (Å²) in [6.07, 6.45) is 1.02. The number of nitrogens with zero attached hydrogens (tertiary/aromatic N) is 6. The molecule has 1 aliphatic carbocycles. The Morgan fingerprint density at radius 3 is 2.41 bits per heavy atom. The van der Waals surface area contributed by atoms with E-state index in [0.29, 0.717) is 36.2 Å². The first-order valence-electron chi connectivity index (χ1n) is 15.2. The van der Waals surface area contributed by atoms with Crippen LogP contribution in [-0.2, 0) is 11.3 Å². The van der Waals surface area contributed by atoms with Crippen molar-refractivity contribution in [3.63, 3.8) is 0 Å². The standard InChI is InChI=1S/C30H33F5N8O3/c1-46-27-20(26(44)40-22-13-41(12-21(22)31)28(45)17-6-29(32,33)7-17)4-15(10-37-27)23-5-16(24-25(36)38-14-39-43(23)24)11-42-18-2-3-19(42)9-30(34,35)8-18/h4-5,10,14,17-19,21-22H,2-3,6-9,11-13H2,1H3,(H,40,44)(H2,36,38,39)/t18-,19+,21-,22+/m0/s1. The number of anilines is 1. The van der Waals surface area contributed by atoms with Gasteiger partial charge in [-0.25, -0.2) is 36.4 Å². The normalized spacial score (nSPS) is 27.1. The highest BCUT2D eigenvalue weighted by Crippen LogP contribution is 2.45. The molecule has 246 valence electrons. The molecule has 3 aromatic heterocycles. The van der Waals surface area contributed by atoms with Crippen LogP contribution in [0.5, 0.6) is 5.88 Å². The van der Waals surface area contributed by atoms with E-state index in [9.17, 15) is 31.5 Å². The second kappa shape index (κ2) is 11.0. The smallest absolute Gasteiger partial charge is 0.257 e. The van der Waals surface area contributed by atoms with Gasteiger partial charge in [0, 0.05) is 68.5 Å². The number of likely N-dealkylation sites (tertiary alicyclic amines) is 1. The molecule has 3 saturated heterocycles. The molecule has 4 aliphatic rings. The molecule has 7 rings (SSSR count). The molecule has 3 aliphatic heterocycles. The van der Waals surface area contributed by atoms with Gasteiger partial charge in [-0.15, -0.1) is 0 Å². The third-order valence-corrected chi connectivity index (χ3v) is 9.76. The Hall–Kier alpha value is -4.08. The van der Waals surface area contributed by atoms with Crippen molar-refractivity contribution in [2.45, 2.75) is 81.2 Å². The van der Waals surface area contributed by atoms with Gasteiger partial charge < -0.3 is 20.7 Å². The van der Waals surface area contributed by atoms with Crippen molar-refractivity contribution in [3.05, 3.63) is 35.8 Å². The molecule has 11 nitrogen and oxygen atoms in total. The Morgan fingerprint density at radius 2 is 1.74 bits per heavy atom. The summed E-state index contributed by atoms with van der Waals surface area (Å²) in [5.41, 5.74) is 8.47. The first-order valence-corrected chi connectivity index (χ1v) is 15.2. The summed E-state index contributed by atoms with van der Waals surface area (Å²) in [4.78, 5) is 37.8. The molecule has 0 unspecified atom stereocenters. The zero-order valence-corrected chi connectivity index (χ0v) is 24.9. The van der Waals surface area contributed by atoms with Crippen molar-refractivity contribution < 1.29 is 36.3 Å². The molecule has 16 heteroatoms. The first-order chi connectivity index (χ1) is 21.8. The molecule has 4 atom stereocenters. The van der Waals surface area contributed by atoms with Crippen LogP contribution in [0.4, 0.5) is 27.8 Å². The lowest BCUT2D eigenvalue weighted by molar-refractivity contribution is -0.159. The lowest BCUT2D eigenvalue weighted by Crippen LogP contribution is -2.47. The topological polar surface area (TPSA) is 131 Å². The molecule has 2 bridgehead atoms. The molecule has 2 amide bonds. The molecular formula is C30H33F5N8O3. The number of nitrogen functional groups attached to an aromatic ring is 1. The van der Waals surface area contributed by atoms with E-state index < -0.39 is 54.6 Å². The average Bonchev–Trinajstić information content (AvgIpc) is 3.63. The van der Waals surface area contributed by atoms with Gasteiger partial charge in [0.1, 0.15) is 23.6 Å². The van der Waals surface area contributed by atoms with Gasteiger partial charge in [0.15, 0.2) is 5.82 Å². The zero-order chi connectivity index (χ0) is 32.5. The summed E-state index contributed by atoms with van der Waals surface area (Å²) in [6, 6.07) is 1.75. The van der Waals surface area contributed by atoms with E-state index >= 15 is 0 Å². The predicted octanol–water partition coefficient (Wildman–Crippen LogP) is 3.47. The molecule has 3 aromatic rings. The van der Waals surface area contributed by atoms with Crippen LogP contribution < -0.4 is 15.8 Å². The van der Waals surface area contributed by atoms with Crippen LogP contribution in [0.15, 0.2) is 24.7 Å². The molecule has 0 aromatic carbocycles. The van der Waals surface area contributed by atoms with E-state index in [1.54, 1.807) is 4.52 Å². The summed E-state index contributed by atoms with van der Waals surface area (Å²) in [7, 11) is 1.33. The molecule has 3 N–H and O–H groups in total. The number of halogens is 5.